The van der Waals surface area contributed by atoms with E-state index in [0.29, 0.717) is 11.7 Å². The highest BCUT2D eigenvalue weighted by atomic mass is 32.2. The van der Waals surface area contributed by atoms with Crippen molar-refractivity contribution < 1.29 is 8.42 Å². The number of nitrogens with one attached hydrogen (secondary N) is 1. The molecule has 1 aromatic carbocycles. The third-order valence-corrected chi connectivity index (χ3v) is 6.07. The largest absolute Gasteiger partial charge is 0.396 e. The fourth-order valence-electron chi connectivity index (χ4n) is 2.72. The van der Waals surface area contributed by atoms with Crippen LogP contribution in [0.2, 0.25) is 0 Å². The molecule has 6 heteroatoms. The first-order valence-corrected chi connectivity index (χ1v) is 8.84. The van der Waals surface area contributed by atoms with E-state index >= 15 is 0 Å². The summed E-state index contributed by atoms with van der Waals surface area (Å²) in [5.74, 6) is 0.779. The molecule has 0 unspecified atom stereocenters. The van der Waals surface area contributed by atoms with Crippen molar-refractivity contribution in [2.75, 3.05) is 25.1 Å². The van der Waals surface area contributed by atoms with Crippen LogP contribution in [0.25, 0.3) is 0 Å². The molecule has 0 aromatic heterocycles. The van der Waals surface area contributed by atoms with Gasteiger partial charge in [0.05, 0.1) is 11.4 Å². The maximum Gasteiger partial charge on any atom is 0.244 e. The van der Waals surface area contributed by atoms with Gasteiger partial charge in [0.25, 0.3) is 0 Å². The van der Waals surface area contributed by atoms with E-state index in [2.05, 4.69) is 12.2 Å². The SMILES string of the molecule is CC1CCC(Nc2cccc(S(=O)(=O)N(C)C)c2N)CC1. The van der Waals surface area contributed by atoms with Gasteiger partial charge in [0.15, 0.2) is 0 Å². The van der Waals surface area contributed by atoms with Crippen LogP contribution in [0.5, 0.6) is 0 Å². The molecule has 0 spiro atoms. The van der Waals surface area contributed by atoms with Crippen LogP contribution in [-0.2, 0) is 10.0 Å². The highest BCUT2D eigenvalue weighted by Crippen LogP contribution is 2.31. The summed E-state index contributed by atoms with van der Waals surface area (Å²) in [5, 5.41) is 3.41. The Labute approximate surface area is 127 Å². The second-order valence-corrected chi connectivity index (χ2v) is 8.23. The van der Waals surface area contributed by atoms with E-state index in [1.54, 1.807) is 12.1 Å². The summed E-state index contributed by atoms with van der Waals surface area (Å²) in [6, 6.07) is 5.52. The van der Waals surface area contributed by atoms with E-state index in [1.807, 2.05) is 6.07 Å². The molecule has 5 nitrogen and oxygen atoms in total. The molecule has 118 valence electrons. The molecule has 0 radical (unpaired) electrons. The smallest absolute Gasteiger partial charge is 0.244 e. The standard InChI is InChI=1S/C15H25N3O2S/c1-11-7-9-12(10-8-11)17-13-5-4-6-14(15(13)16)21(19,20)18(2)3/h4-6,11-12,17H,7-10,16H2,1-3H3. The Morgan fingerprint density at radius 1 is 1.19 bits per heavy atom. The third-order valence-electron chi connectivity index (χ3n) is 4.20. The van der Waals surface area contributed by atoms with Crippen molar-refractivity contribution in [1.82, 2.24) is 4.31 Å². The van der Waals surface area contributed by atoms with Gasteiger partial charge >= 0.3 is 0 Å². The first-order chi connectivity index (χ1) is 9.82. The highest BCUT2D eigenvalue weighted by Gasteiger charge is 2.23. The number of benzene rings is 1. The van der Waals surface area contributed by atoms with Gasteiger partial charge in [-0.1, -0.05) is 13.0 Å². The number of sulfonamides is 1. The summed E-state index contributed by atoms with van der Waals surface area (Å²) < 4.78 is 25.7. The zero-order valence-corrected chi connectivity index (χ0v) is 13.8. The number of nitrogens with two attached hydrogens (primary N) is 1. The van der Waals surface area contributed by atoms with E-state index in [0.717, 1.165) is 24.4 Å². The Bertz CT molecular complexity index is 591. The summed E-state index contributed by atoms with van der Waals surface area (Å²) in [7, 11) is -0.489. The average molecular weight is 311 g/mol. The lowest BCUT2D eigenvalue weighted by Gasteiger charge is -2.28. The predicted octanol–water partition coefficient (Wildman–Crippen LogP) is 2.51. The third kappa shape index (κ3) is 3.49. The summed E-state index contributed by atoms with van der Waals surface area (Å²) in [5.41, 5.74) is 7.11. The predicted molar refractivity (Wildman–Crippen MR) is 86.8 cm³/mol. The molecule has 3 N–H and O–H groups in total. The normalized spacial score (nSPS) is 23.2. The zero-order valence-electron chi connectivity index (χ0n) is 13.0. The minimum Gasteiger partial charge on any atom is -0.396 e. The second-order valence-electron chi connectivity index (χ2n) is 6.11. The lowest BCUT2D eigenvalue weighted by molar-refractivity contribution is 0.361. The van der Waals surface area contributed by atoms with Crippen molar-refractivity contribution in [3.05, 3.63) is 18.2 Å². The topological polar surface area (TPSA) is 75.4 Å². The van der Waals surface area contributed by atoms with Gasteiger partial charge in [0.1, 0.15) is 4.90 Å². The maximum atomic E-state index is 12.3. The molecule has 0 saturated heterocycles. The molecule has 2 rings (SSSR count). The number of para-hydroxylation sites is 1. The van der Waals surface area contributed by atoms with Gasteiger partial charge in [-0.3, -0.25) is 0 Å². The molecule has 1 aromatic rings. The van der Waals surface area contributed by atoms with Gasteiger partial charge in [0.2, 0.25) is 10.0 Å². The van der Waals surface area contributed by atoms with Gasteiger partial charge in [-0.2, -0.15) is 0 Å². The fourth-order valence-corrected chi connectivity index (χ4v) is 3.75. The van der Waals surface area contributed by atoms with Crippen molar-refractivity contribution in [1.29, 1.82) is 0 Å². The van der Waals surface area contributed by atoms with Crippen LogP contribution in [0.3, 0.4) is 0 Å². The van der Waals surface area contributed by atoms with Gasteiger partial charge in [-0.15, -0.1) is 0 Å². The van der Waals surface area contributed by atoms with E-state index in [-0.39, 0.29) is 4.90 Å². The minimum absolute atomic E-state index is 0.168. The number of nitrogen functional groups attached to an aromatic ring is 1. The monoisotopic (exact) mass is 311 g/mol. The zero-order chi connectivity index (χ0) is 15.6. The molecule has 0 atom stereocenters. The van der Waals surface area contributed by atoms with Crippen molar-refractivity contribution in [3.63, 3.8) is 0 Å². The van der Waals surface area contributed by atoms with Crippen LogP contribution in [0, 0.1) is 5.92 Å². The van der Waals surface area contributed by atoms with Crippen LogP contribution in [-0.4, -0.2) is 32.9 Å². The van der Waals surface area contributed by atoms with Crippen LogP contribution in [0.4, 0.5) is 11.4 Å². The molecule has 1 aliphatic carbocycles. The van der Waals surface area contributed by atoms with E-state index in [1.165, 1.54) is 31.2 Å². The van der Waals surface area contributed by atoms with Gasteiger partial charge in [-0.05, 0) is 43.7 Å². The van der Waals surface area contributed by atoms with Crippen molar-refractivity contribution in [2.45, 2.75) is 43.5 Å². The highest BCUT2D eigenvalue weighted by molar-refractivity contribution is 7.89. The maximum absolute atomic E-state index is 12.3. The summed E-state index contributed by atoms with van der Waals surface area (Å²) in [6.45, 7) is 2.27. The Hall–Kier alpha value is -1.27. The lowest BCUT2D eigenvalue weighted by Crippen LogP contribution is -2.27. The molecule has 1 aliphatic rings. The minimum atomic E-state index is -3.51. The van der Waals surface area contributed by atoms with Gasteiger partial charge < -0.3 is 11.1 Å². The Morgan fingerprint density at radius 3 is 2.38 bits per heavy atom. The van der Waals surface area contributed by atoms with Gasteiger partial charge in [-0.25, -0.2) is 12.7 Å². The molecule has 0 amide bonds. The molecule has 0 heterocycles. The number of hydrogen-bond donors (Lipinski definition) is 2. The molecule has 0 bridgehead atoms. The number of hydrogen-bond acceptors (Lipinski definition) is 4. The van der Waals surface area contributed by atoms with Crippen molar-refractivity contribution in [3.8, 4) is 0 Å². The summed E-state index contributed by atoms with van der Waals surface area (Å²) in [6.07, 6.45) is 4.61. The number of anilines is 2. The number of nitrogens with zero attached hydrogens (tertiary/aromatic N) is 1. The molecule has 1 saturated carbocycles. The Kier molecular flexibility index (Phi) is 4.78. The fraction of sp³-hybridized carbons (Fsp3) is 0.600. The first-order valence-electron chi connectivity index (χ1n) is 7.40. The van der Waals surface area contributed by atoms with Crippen LogP contribution in [0.15, 0.2) is 23.1 Å². The summed E-state index contributed by atoms with van der Waals surface area (Å²) >= 11 is 0. The quantitative estimate of drug-likeness (QED) is 0.838. The van der Waals surface area contributed by atoms with E-state index in [9.17, 15) is 8.42 Å². The van der Waals surface area contributed by atoms with E-state index in [4.69, 9.17) is 5.73 Å². The lowest BCUT2D eigenvalue weighted by atomic mass is 9.87. The van der Waals surface area contributed by atoms with Crippen LogP contribution in [0.1, 0.15) is 32.6 Å². The van der Waals surface area contributed by atoms with E-state index < -0.39 is 10.0 Å². The molecule has 0 aliphatic heterocycles. The molecular weight excluding hydrogens is 286 g/mol. The Morgan fingerprint density at radius 2 is 1.81 bits per heavy atom. The molecular formula is C15H25N3O2S. The molecule has 1 fully saturated rings. The van der Waals surface area contributed by atoms with Crippen LogP contribution >= 0.6 is 0 Å². The number of rotatable bonds is 4. The van der Waals surface area contributed by atoms with Gasteiger partial charge in [0, 0.05) is 20.1 Å². The average Bonchev–Trinajstić information content (AvgIpc) is 2.43. The summed E-state index contributed by atoms with van der Waals surface area (Å²) in [4.78, 5) is 0.168. The molecule has 21 heavy (non-hydrogen) atoms. The van der Waals surface area contributed by atoms with Crippen LogP contribution < -0.4 is 11.1 Å². The first kappa shape index (κ1) is 16.1. The Balaban J connectivity index is 2.22. The van der Waals surface area contributed by atoms with Crippen molar-refractivity contribution in [2.24, 2.45) is 5.92 Å². The second kappa shape index (κ2) is 6.23. The van der Waals surface area contributed by atoms with Crippen molar-refractivity contribution >= 4 is 21.4 Å².